The number of anilines is 1. The number of piperazine rings is 1. The van der Waals surface area contributed by atoms with E-state index >= 15 is 0 Å². The molecule has 0 aromatic heterocycles. The minimum absolute atomic E-state index is 0.131. The first-order valence-electron chi connectivity index (χ1n) is 9.34. The number of amides is 1. The lowest BCUT2D eigenvalue weighted by Gasteiger charge is -2.31. The summed E-state index contributed by atoms with van der Waals surface area (Å²) in [7, 11) is -1.55. The number of sulfonamides is 1. The molecular formula is C20H23BrN4O3S2. The number of rotatable bonds is 4. The van der Waals surface area contributed by atoms with E-state index < -0.39 is 10.0 Å². The lowest BCUT2D eigenvalue weighted by molar-refractivity contribution is 0.0977. The SMILES string of the molecule is Cc1ccc(C(=O)NC(=S)Nc2ccc(S(=O)(=O)N3CCN(C)CC3)cc2)cc1Br. The van der Waals surface area contributed by atoms with Crippen molar-refractivity contribution >= 4 is 54.9 Å². The monoisotopic (exact) mass is 510 g/mol. The number of hydrogen-bond donors (Lipinski definition) is 2. The second-order valence-electron chi connectivity index (χ2n) is 7.10. The fraction of sp³-hybridized carbons (Fsp3) is 0.300. The molecule has 1 fully saturated rings. The van der Waals surface area contributed by atoms with Crippen LogP contribution in [0, 0.1) is 6.92 Å². The van der Waals surface area contributed by atoms with Gasteiger partial charge in [0.05, 0.1) is 4.90 Å². The summed E-state index contributed by atoms with van der Waals surface area (Å²) < 4.78 is 27.9. The molecule has 0 radical (unpaired) electrons. The molecule has 0 atom stereocenters. The Hall–Kier alpha value is -1.85. The molecule has 1 saturated heterocycles. The highest BCUT2D eigenvalue weighted by Crippen LogP contribution is 2.20. The maximum Gasteiger partial charge on any atom is 0.257 e. The third kappa shape index (κ3) is 5.44. The summed E-state index contributed by atoms with van der Waals surface area (Å²) in [5.74, 6) is -0.331. The van der Waals surface area contributed by atoms with Crippen molar-refractivity contribution in [2.75, 3.05) is 38.5 Å². The van der Waals surface area contributed by atoms with Crippen molar-refractivity contribution < 1.29 is 13.2 Å². The van der Waals surface area contributed by atoms with Gasteiger partial charge in [0.2, 0.25) is 10.0 Å². The first kappa shape index (κ1) is 22.8. The van der Waals surface area contributed by atoms with Gasteiger partial charge in [-0.1, -0.05) is 22.0 Å². The molecule has 3 rings (SSSR count). The van der Waals surface area contributed by atoms with E-state index in [1.54, 1.807) is 24.3 Å². The van der Waals surface area contributed by atoms with Gasteiger partial charge in [-0.15, -0.1) is 0 Å². The fourth-order valence-electron chi connectivity index (χ4n) is 2.96. The van der Waals surface area contributed by atoms with Crippen molar-refractivity contribution in [3.8, 4) is 0 Å². The van der Waals surface area contributed by atoms with Crippen molar-refractivity contribution in [2.24, 2.45) is 0 Å². The number of nitrogens with zero attached hydrogens (tertiary/aromatic N) is 2. The molecule has 1 aliphatic heterocycles. The molecule has 30 heavy (non-hydrogen) atoms. The van der Waals surface area contributed by atoms with Crippen LogP contribution in [-0.4, -0.2) is 61.9 Å². The lowest BCUT2D eigenvalue weighted by Crippen LogP contribution is -2.46. The van der Waals surface area contributed by atoms with Crippen LogP contribution in [0.4, 0.5) is 5.69 Å². The smallest absolute Gasteiger partial charge is 0.257 e. The minimum Gasteiger partial charge on any atom is -0.332 e. The van der Waals surface area contributed by atoms with E-state index in [1.165, 1.54) is 16.4 Å². The summed E-state index contributed by atoms with van der Waals surface area (Å²) >= 11 is 8.61. The van der Waals surface area contributed by atoms with Crippen LogP contribution in [0.5, 0.6) is 0 Å². The van der Waals surface area contributed by atoms with Crippen molar-refractivity contribution in [3.05, 3.63) is 58.1 Å². The maximum atomic E-state index is 12.8. The number of likely N-dealkylation sites (N-methyl/N-ethyl adjacent to an activating group) is 1. The summed E-state index contributed by atoms with van der Waals surface area (Å²) in [5.41, 5.74) is 2.09. The van der Waals surface area contributed by atoms with Crippen LogP contribution >= 0.6 is 28.1 Å². The van der Waals surface area contributed by atoms with Crippen LogP contribution in [0.1, 0.15) is 15.9 Å². The Morgan fingerprint density at radius 2 is 1.70 bits per heavy atom. The van der Waals surface area contributed by atoms with Crippen LogP contribution in [0.3, 0.4) is 0 Å². The number of carbonyl (C=O) groups is 1. The Balaban J connectivity index is 1.61. The van der Waals surface area contributed by atoms with Crippen LogP contribution < -0.4 is 10.6 Å². The van der Waals surface area contributed by atoms with Gasteiger partial charge in [-0.25, -0.2) is 8.42 Å². The van der Waals surface area contributed by atoms with Gasteiger partial charge in [0.1, 0.15) is 0 Å². The number of carbonyl (C=O) groups excluding carboxylic acids is 1. The number of benzene rings is 2. The van der Waals surface area contributed by atoms with Gasteiger partial charge in [-0.2, -0.15) is 4.31 Å². The number of hydrogen-bond acceptors (Lipinski definition) is 5. The van der Waals surface area contributed by atoms with Crippen LogP contribution in [0.15, 0.2) is 51.8 Å². The lowest BCUT2D eigenvalue weighted by atomic mass is 10.1. The summed E-state index contributed by atoms with van der Waals surface area (Å²) in [6.07, 6.45) is 0. The molecule has 0 spiro atoms. The number of thiocarbonyl (C=S) groups is 1. The Labute approximate surface area is 190 Å². The Kier molecular flexibility index (Phi) is 7.25. The summed E-state index contributed by atoms with van der Waals surface area (Å²) in [4.78, 5) is 14.7. The molecule has 0 unspecified atom stereocenters. The summed E-state index contributed by atoms with van der Waals surface area (Å²) in [5, 5.41) is 5.66. The maximum absolute atomic E-state index is 12.8. The molecule has 7 nitrogen and oxygen atoms in total. The highest BCUT2D eigenvalue weighted by Gasteiger charge is 2.27. The second-order valence-corrected chi connectivity index (χ2v) is 10.3. The van der Waals surface area contributed by atoms with Crippen molar-refractivity contribution in [2.45, 2.75) is 11.8 Å². The Morgan fingerprint density at radius 3 is 2.30 bits per heavy atom. The zero-order valence-corrected chi connectivity index (χ0v) is 19.9. The van der Waals surface area contributed by atoms with Gasteiger partial charge < -0.3 is 10.2 Å². The van der Waals surface area contributed by atoms with E-state index in [0.29, 0.717) is 37.4 Å². The van der Waals surface area contributed by atoms with Crippen molar-refractivity contribution in [1.82, 2.24) is 14.5 Å². The van der Waals surface area contributed by atoms with E-state index in [-0.39, 0.29) is 15.9 Å². The zero-order valence-electron chi connectivity index (χ0n) is 16.7. The first-order valence-corrected chi connectivity index (χ1v) is 12.0. The van der Waals surface area contributed by atoms with Crippen molar-refractivity contribution in [1.29, 1.82) is 0 Å². The van der Waals surface area contributed by atoms with Crippen LogP contribution in [0.2, 0.25) is 0 Å². The number of aryl methyl sites for hydroxylation is 1. The van der Waals surface area contributed by atoms with Gasteiger partial charge in [0.25, 0.3) is 5.91 Å². The highest BCUT2D eigenvalue weighted by atomic mass is 79.9. The third-order valence-electron chi connectivity index (χ3n) is 4.87. The molecule has 0 aliphatic carbocycles. The van der Waals surface area contributed by atoms with Gasteiger partial charge >= 0.3 is 0 Å². The summed E-state index contributed by atoms with van der Waals surface area (Å²) in [6.45, 7) is 4.31. The average molecular weight is 511 g/mol. The van der Waals surface area contributed by atoms with Crippen LogP contribution in [-0.2, 0) is 10.0 Å². The van der Waals surface area contributed by atoms with Gasteiger partial charge in [0.15, 0.2) is 5.11 Å². The van der Waals surface area contributed by atoms with E-state index in [4.69, 9.17) is 12.2 Å². The molecule has 2 aromatic rings. The number of nitrogens with one attached hydrogen (secondary N) is 2. The molecule has 0 saturated carbocycles. The third-order valence-corrected chi connectivity index (χ3v) is 7.84. The van der Waals surface area contributed by atoms with E-state index in [9.17, 15) is 13.2 Å². The highest BCUT2D eigenvalue weighted by molar-refractivity contribution is 9.10. The van der Waals surface area contributed by atoms with Crippen LogP contribution in [0.25, 0.3) is 0 Å². The molecule has 10 heteroatoms. The molecule has 1 heterocycles. The number of halogens is 1. The van der Waals surface area contributed by atoms with Crippen molar-refractivity contribution in [3.63, 3.8) is 0 Å². The van der Waals surface area contributed by atoms with Gasteiger partial charge in [-0.05, 0) is 68.2 Å². The predicted molar refractivity (Wildman–Crippen MR) is 125 cm³/mol. The predicted octanol–water partition coefficient (Wildman–Crippen LogP) is 2.82. The molecule has 0 bridgehead atoms. The van der Waals surface area contributed by atoms with E-state index in [2.05, 4.69) is 31.5 Å². The normalized spacial score (nSPS) is 15.6. The fourth-order valence-corrected chi connectivity index (χ4v) is 4.97. The molecular weight excluding hydrogens is 488 g/mol. The zero-order chi connectivity index (χ0) is 21.9. The molecule has 2 N–H and O–H groups in total. The summed E-state index contributed by atoms with van der Waals surface area (Å²) in [6, 6.07) is 11.6. The Morgan fingerprint density at radius 1 is 1.07 bits per heavy atom. The van der Waals surface area contributed by atoms with E-state index in [0.717, 1.165) is 10.0 Å². The molecule has 2 aromatic carbocycles. The Bertz CT molecular complexity index is 1050. The molecule has 160 valence electrons. The second kappa shape index (κ2) is 9.52. The minimum atomic E-state index is -3.52. The molecule has 1 amide bonds. The quantitative estimate of drug-likeness (QED) is 0.615. The average Bonchev–Trinajstić information content (AvgIpc) is 2.70. The first-order chi connectivity index (χ1) is 14.2. The largest absolute Gasteiger partial charge is 0.332 e. The topological polar surface area (TPSA) is 81.8 Å². The standard InChI is InChI=1S/C20H23BrN4O3S2/c1-14-3-4-15(13-18(14)21)19(26)23-20(29)22-16-5-7-17(8-6-16)30(27,28)25-11-9-24(2)10-12-25/h3-8,13H,9-12H2,1-2H3,(H2,22,23,26,29). The van der Waals surface area contributed by atoms with Gasteiger partial charge in [-0.3, -0.25) is 10.1 Å². The molecule has 1 aliphatic rings. The van der Waals surface area contributed by atoms with E-state index in [1.807, 2.05) is 20.0 Å². The van der Waals surface area contributed by atoms with Gasteiger partial charge in [0, 0.05) is 41.9 Å².